The van der Waals surface area contributed by atoms with Gasteiger partial charge in [-0.15, -0.1) is 4.68 Å². The lowest BCUT2D eigenvalue weighted by atomic mass is 10.1. The number of aryl methyl sites for hydroxylation is 1. The summed E-state index contributed by atoms with van der Waals surface area (Å²) in [5.74, 6) is 0.961. The fourth-order valence-electron chi connectivity index (χ4n) is 2.84. The Morgan fingerprint density at radius 3 is 3.00 bits per heavy atom. The lowest BCUT2D eigenvalue weighted by Gasteiger charge is -2.01. The van der Waals surface area contributed by atoms with Crippen molar-refractivity contribution in [1.29, 1.82) is 5.26 Å². The number of hydrogen-bond donors (Lipinski definition) is 2. The molecule has 0 saturated heterocycles. The Morgan fingerprint density at radius 2 is 2.16 bits per heavy atom. The Bertz CT molecular complexity index is 782. The first-order valence-corrected chi connectivity index (χ1v) is 8.74. The van der Waals surface area contributed by atoms with Gasteiger partial charge in [-0.2, -0.15) is 15.5 Å². The van der Waals surface area contributed by atoms with Crippen molar-refractivity contribution in [3.63, 3.8) is 0 Å². The summed E-state index contributed by atoms with van der Waals surface area (Å²) in [4.78, 5) is 4.52. The summed E-state index contributed by atoms with van der Waals surface area (Å²) in [6, 6.07) is 12.3. The topological polar surface area (TPSA) is 80.2 Å². The predicted molar refractivity (Wildman–Crippen MR) is 98.2 cm³/mol. The van der Waals surface area contributed by atoms with E-state index in [2.05, 4.69) is 38.8 Å². The second kappa shape index (κ2) is 8.78. The van der Waals surface area contributed by atoms with Crippen LogP contribution in [0.3, 0.4) is 0 Å². The van der Waals surface area contributed by atoms with Crippen molar-refractivity contribution in [3.05, 3.63) is 42.1 Å². The molecule has 3 rings (SSSR count). The molecule has 2 heterocycles. The van der Waals surface area contributed by atoms with E-state index >= 15 is 0 Å². The zero-order valence-electron chi connectivity index (χ0n) is 14.3. The van der Waals surface area contributed by atoms with E-state index in [0.29, 0.717) is 13.0 Å². The van der Waals surface area contributed by atoms with Crippen LogP contribution in [0.5, 0.6) is 0 Å². The highest BCUT2D eigenvalue weighted by atomic mass is 15.3. The first-order chi connectivity index (χ1) is 12.4. The van der Waals surface area contributed by atoms with Crippen LogP contribution in [0.2, 0.25) is 0 Å². The number of rotatable bonds is 5. The van der Waals surface area contributed by atoms with Crippen LogP contribution in [0, 0.1) is 11.3 Å². The molecule has 2 aromatic rings. The molecule has 0 aliphatic carbocycles. The number of benzene rings is 1. The van der Waals surface area contributed by atoms with E-state index in [-0.39, 0.29) is 0 Å². The number of hydrogen-bond acceptors (Lipinski definition) is 4. The lowest BCUT2D eigenvalue weighted by Crippen LogP contribution is -2.34. The van der Waals surface area contributed by atoms with E-state index in [0.717, 1.165) is 48.5 Å². The van der Waals surface area contributed by atoms with Gasteiger partial charge in [0, 0.05) is 18.5 Å². The molecule has 1 aromatic heterocycles. The molecule has 0 fully saturated rings. The largest absolute Gasteiger partial charge is 0.271 e. The average molecular weight is 335 g/mol. The van der Waals surface area contributed by atoms with Gasteiger partial charge in [0.2, 0.25) is 6.20 Å². The molecule has 0 unspecified atom stereocenters. The van der Waals surface area contributed by atoms with Gasteiger partial charge in [-0.1, -0.05) is 36.8 Å². The van der Waals surface area contributed by atoms with E-state index < -0.39 is 0 Å². The van der Waals surface area contributed by atoms with Crippen LogP contribution < -0.4 is 10.1 Å². The summed E-state index contributed by atoms with van der Waals surface area (Å²) in [6.07, 6.45) is 8.77. The molecule has 6 heteroatoms. The lowest BCUT2D eigenvalue weighted by molar-refractivity contribution is -0.748. The second-order valence-corrected chi connectivity index (χ2v) is 6.05. The third-order valence-electron chi connectivity index (χ3n) is 4.14. The summed E-state index contributed by atoms with van der Waals surface area (Å²) in [6.45, 7) is 1.51. The minimum absolute atomic E-state index is 0.463. The molecule has 25 heavy (non-hydrogen) atoms. The number of nitrogens with zero attached hydrogens (tertiary/aromatic N) is 4. The monoisotopic (exact) mass is 335 g/mol. The SMILES string of the molecule is N#CCC[n+]1cc(/C=N/NC2=NCCCCC2)c(-c2ccccc2)[nH]1. The van der Waals surface area contributed by atoms with E-state index in [1.165, 1.54) is 6.42 Å². The second-order valence-electron chi connectivity index (χ2n) is 6.05. The van der Waals surface area contributed by atoms with Gasteiger partial charge in [0.05, 0.1) is 24.3 Å². The molecule has 6 nitrogen and oxygen atoms in total. The van der Waals surface area contributed by atoms with E-state index in [1.807, 2.05) is 35.3 Å². The Balaban J connectivity index is 1.78. The van der Waals surface area contributed by atoms with Gasteiger partial charge in [0.25, 0.3) is 0 Å². The van der Waals surface area contributed by atoms with Crippen LogP contribution in [0.25, 0.3) is 11.3 Å². The standard InChI is InChI=1S/C19H22N6/c20-11-7-13-25-15-17(19(24-25)16-8-3-1-4-9-16)14-22-23-18-10-5-2-6-12-21-18/h1,3-4,8-9,14-15H,2,5-7,10,12-13H2,(H,21,23)/p+1/b22-14+. The Kier molecular flexibility index (Phi) is 5.94. The van der Waals surface area contributed by atoms with Crippen LogP contribution in [0.1, 0.15) is 37.7 Å². The fourth-order valence-corrected chi connectivity index (χ4v) is 2.84. The van der Waals surface area contributed by atoms with Crippen LogP contribution >= 0.6 is 0 Å². The molecule has 0 atom stereocenters. The third-order valence-corrected chi connectivity index (χ3v) is 4.14. The Morgan fingerprint density at radius 1 is 1.28 bits per heavy atom. The first kappa shape index (κ1) is 16.9. The van der Waals surface area contributed by atoms with Crippen molar-refractivity contribution in [2.75, 3.05) is 6.54 Å². The molecule has 0 amide bonds. The quantitative estimate of drug-likeness (QED) is 0.500. The van der Waals surface area contributed by atoms with Crippen molar-refractivity contribution >= 4 is 12.1 Å². The smallest absolute Gasteiger partial charge is 0.204 e. The minimum Gasteiger partial charge on any atom is -0.271 e. The first-order valence-electron chi connectivity index (χ1n) is 8.74. The summed E-state index contributed by atoms with van der Waals surface area (Å²) in [7, 11) is 0. The van der Waals surface area contributed by atoms with E-state index in [4.69, 9.17) is 5.26 Å². The molecule has 2 N–H and O–H groups in total. The number of aromatic nitrogens is 2. The molecular formula is C19H23N6+. The summed E-state index contributed by atoms with van der Waals surface area (Å²) in [5, 5.41) is 16.5. The Labute approximate surface area is 147 Å². The highest BCUT2D eigenvalue weighted by Gasteiger charge is 2.14. The number of amidine groups is 1. The summed E-state index contributed by atoms with van der Waals surface area (Å²) >= 11 is 0. The summed E-state index contributed by atoms with van der Waals surface area (Å²) in [5.41, 5.74) is 6.14. The number of nitrogens with one attached hydrogen (secondary N) is 2. The van der Waals surface area contributed by atoms with Crippen LogP contribution in [-0.4, -0.2) is 23.7 Å². The maximum atomic E-state index is 8.80. The molecule has 128 valence electrons. The van der Waals surface area contributed by atoms with Gasteiger partial charge in [0.15, 0.2) is 6.54 Å². The van der Waals surface area contributed by atoms with Crippen molar-refractivity contribution in [1.82, 2.24) is 10.5 Å². The summed E-state index contributed by atoms with van der Waals surface area (Å²) < 4.78 is 1.93. The van der Waals surface area contributed by atoms with Crippen LogP contribution in [-0.2, 0) is 6.54 Å². The van der Waals surface area contributed by atoms with Crippen molar-refractivity contribution in [2.45, 2.75) is 38.6 Å². The van der Waals surface area contributed by atoms with Crippen LogP contribution in [0.4, 0.5) is 0 Å². The minimum atomic E-state index is 0.463. The third kappa shape index (κ3) is 4.77. The van der Waals surface area contributed by atoms with Crippen molar-refractivity contribution in [3.8, 4) is 17.3 Å². The molecule has 1 aromatic carbocycles. The average Bonchev–Trinajstić information content (AvgIpc) is 2.87. The predicted octanol–water partition coefficient (Wildman–Crippen LogP) is 2.78. The number of nitriles is 1. The zero-order chi connectivity index (χ0) is 17.3. The maximum Gasteiger partial charge on any atom is 0.204 e. The molecular weight excluding hydrogens is 312 g/mol. The van der Waals surface area contributed by atoms with E-state index in [9.17, 15) is 0 Å². The Hall–Kier alpha value is -2.94. The van der Waals surface area contributed by atoms with E-state index in [1.54, 1.807) is 0 Å². The zero-order valence-corrected chi connectivity index (χ0v) is 14.3. The van der Waals surface area contributed by atoms with Gasteiger partial charge in [-0.3, -0.25) is 10.4 Å². The molecule has 1 aliphatic rings. The van der Waals surface area contributed by atoms with Gasteiger partial charge in [-0.25, -0.2) is 0 Å². The number of aliphatic imine (C=N–C) groups is 1. The van der Waals surface area contributed by atoms with Gasteiger partial charge >= 0.3 is 0 Å². The molecule has 0 saturated carbocycles. The highest BCUT2D eigenvalue weighted by molar-refractivity contribution is 5.89. The number of aromatic amines is 1. The maximum absolute atomic E-state index is 8.80. The van der Waals surface area contributed by atoms with Crippen molar-refractivity contribution < 1.29 is 4.68 Å². The number of hydrazone groups is 1. The van der Waals surface area contributed by atoms with Gasteiger partial charge < -0.3 is 0 Å². The molecule has 0 radical (unpaired) electrons. The van der Waals surface area contributed by atoms with Gasteiger partial charge in [0.1, 0.15) is 11.5 Å². The fraction of sp³-hybridized carbons (Fsp3) is 0.368. The molecule has 1 aliphatic heterocycles. The highest BCUT2D eigenvalue weighted by Crippen LogP contribution is 2.18. The number of H-pyrrole nitrogens is 1. The molecule has 0 bridgehead atoms. The van der Waals surface area contributed by atoms with Gasteiger partial charge in [-0.05, 0) is 12.8 Å². The van der Waals surface area contributed by atoms with Crippen molar-refractivity contribution in [2.24, 2.45) is 10.1 Å². The van der Waals surface area contributed by atoms with Crippen LogP contribution in [0.15, 0.2) is 46.6 Å². The normalized spacial score (nSPS) is 14.8. The molecule has 0 spiro atoms.